The number of aliphatic hydroxyl groups is 1. The minimum atomic E-state index is -0.300. The van der Waals surface area contributed by atoms with E-state index in [1.165, 1.54) is 5.56 Å². The van der Waals surface area contributed by atoms with E-state index in [0.29, 0.717) is 6.04 Å². The Hall–Kier alpha value is -1.02. The Morgan fingerprint density at radius 1 is 1.46 bits per heavy atom. The van der Waals surface area contributed by atoms with Crippen LogP contribution in [0.4, 0.5) is 5.69 Å². The van der Waals surface area contributed by atoms with E-state index in [0.717, 1.165) is 17.7 Å². The SMILES string of the molecule is Cc1ccc2c(c1)[C@H](O)C[C@H](C)N2. The molecule has 0 saturated heterocycles. The molecule has 0 saturated carbocycles. The molecular weight excluding hydrogens is 162 g/mol. The number of aryl methyl sites for hydroxylation is 1. The summed E-state index contributed by atoms with van der Waals surface area (Å²) < 4.78 is 0. The first-order chi connectivity index (χ1) is 6.16. The number of anilines is 1. The summed E-state index contributed by atoms with van der Waals surface area (Å²) in [5, 5.41) is 13.2. The van der Waals surface area contributed by atoms with Gasteiger partial charge in [-0.25, -0.2) is 0 Å². The van der Waals surface area contributed by atoms with Gasteiger partial charge in [-0.15, -0.1) is 0 Å². The molecule has 1 aromatic rings. The number of hydrogen-bond donors (Lipinski definition) is 2. The van der Waals surface area contributed by atoms with Crippen LogP contribution in [0.3, 0.4) is 0 Å². The third-order valence-electron chi connectivity index (χ3n) is 2.54. The summed E-state index contributed by atoms with van der Waals surface area (Å²) in [5.74, 6) is 0. The second-order valence-electron chi connectivity index (χ2n) is 3.89. The summed E-state index contributed by atoms with van der Waals surface area (Å²) in [6, 6.07) is 6.53. The van der Waals surface area contributed by atoms with Crippen molar-refractivity contribution >= 4 is 5.69 Å². The molecule has 0 aromatic heterocycles. The zero-order valence-electron chi connectivity index (χ0n) is 8.04. The molecule has 2 atom stereocenters. The number of fused-ring (bicyclic) bond motifs is 1. The van der Waals surface area contributed by atoms with Crippen LogP contribution in [0.5, 0.6) is 0 Å². The summed E-state index contributed by atoms with van der Waals surface area (Å²) in [4.78, 5) is 0. The van der Waals surface area contributed by atoms with Crippen molar-refractivity contribution in [2.24, 2.45) is 0 Å². The number of nitrogens with one attached hydrogen (secondary N) is 1. The Morgan fingerprint density at radius 3 is 3.00 bits per heavy atom. The van der Waals surface area contributed by atoms with Crippen LogP contribution in [0.2, 0.25) is 0 Å². The number of aliphatic hydroxyl groups excluding tert-OH is 1. The average Bonchev–Trinajstić information content (AvgIpc) is 2.06. The molecule has 2 heteroatoms. The lowest BCUT2D eigenvalue weighted by Gasteiger charge is -2.28. The Bertz CT molecular complexity index is 322. The van der Waals surface area contributed by atoms with Gasteiger partial charge in [0.2, 0.25) is 0 Å². The van der Waals surface area contributed by atoms with Gasteiger partial charge >= 0.3 is 0 Å². The van der Waals surface area contributed by atoms with E-state index in [1.807, 2.05) is 13.0 Å². The van der Waals surface area contributed by atoms with Crippen molar-refractivity contribution in [3.8, 4) is 0 Å². The van der Waals surface area contributed by atoms with E-state index in [-0.39, 0.29) is 6.10 Å². The highest BCUT2D eigenvalue weighted by atomic mass is 16.3. The normalized spacial score (nSPS) is 26.4. The van der Waals surface area contributed by atoms with E-state index >= 15 is 0 Å². The van der Waals surface area contributed by atoms with Gasteiger partial charge < -0.3 is 10.4 Å². The van der Waals surface area contributed by atoms with Crippen LogP contribution < -0.4 is 5.32 Å². The maximum atomic E-state index is 9.82. The van der Waals surface area contributed by atoms with Gasteiger partial charge in [0.25, 0.3) is 0 Å². The van der Waals surface area contributed by atoms with Gasteiger partial charge in [0.15, 0.2) is 0 Å². The quantitative estimate of drug-likeness (QED) is 0.637. The van der Waals surface area contributed by atoms with E-state index in [1.54, 1.807) is 0 Å². The first-order valence-corrected chi connectivity index (χ1v) is 4.72. The molecule has 0 unspecified atom stereocenters. The molecule has 0 spiro atoms. The van der Waals surface area contributed by atoms with Gasteiger partial charge in [0, 0.05) is 17.3 Å². The fourth-order valence-corrected chi connectivity index (χ4v) is 1.88. The van der Waals surface area contributed by atoms with E-state index < -0.39 is 0 Å². The predicted molar refractivity (Wildman–Crippen MR) is 53.8 cm³/mol. The highest BCUT2D eigenvalue weighted by molar-refractivity contribution is 5.56. The summed E-state index contributed by atoms with van der Waals surface area (Å²) >= 11 is 0. The second kappa shape index (κ2) is 3.04. The van der Waals surface area contributed by atoms with Crippen LogP contribution in [-0.2, 0) is 0 Å². The van der Waals surface area contributed by atoms with Crippen molar-refractivity contribution in [1.82, 2.24) is 0 Å². The molecule has 2 N–H and O–H groups in total. The van der Waals surface area contributed by atoms with Crippen molar-refractivity contribution in [2.75, 3.05) is 5.32 Å². The highest BCUT2D eigenvalue weighted by Crippen LogP contribution is 2.32. The topological polar surface area (TPSA) is 32.3 Å². The number of hydrogen-bond acceptors (Lipinski definition) is 2. The van der Waals surface area contributed by atoms with Gasteiger partial charge in [-0.3, -0.25) is 0 Å². The van der Waals surface area contributed by atoms with E-state index in [9.17, 15) is 5.11 Å². The zero-order valence-corrected chi connectivity index (χ0v) is 8.04. The van der Waals surface area contributed by atoms with E-state index in [4.69, 9.17) is 0 Å². The molecule has 2 rings (SSSR count). The van der Waals surface area contributed by atoms with Crippen molar-refractivity contribution < 1.29 is 5.11 Å². The molecule has 2 nitrogen and oxygen atoms in total. The summed E-state index contributed by atoms with van der Waals surface area (Å²) in [7, 11) is 0. The molecule has 0 amide bonds. The van der Waals surface area contributed by atoms with Crippen molar-refractivity contribution in [2.45, 2.75) is 32.4 Å². The van der Waals surface area contributed by atoms with Crippen LogP contribution in [-0.4, -0.2) is 11.1 Å². The summed E-state index contributed by atoms with van der Waals surface area (Å²) in [6.45, 7) is 4.14. The maximum Gasteiger partial charge on any atom is 0.0829 e. The molecular formula is C11H15NO. The Balaban J connectivity index is 2.43. The summed E-state index contributed by atoms with van der Waals surface area (Å²) in [5.41, 5.74) is 3.32. The van der Waals surface area contributed by atoms with Crippen LogP contribution in [0.15, 0.2) is 18.2 Å². The molecule has 0 bridgehead atoms. The minimum Gasteiger partial charge on any atom is -0.388 e. The third-order valence-corrected chi connectivity index (χ3v) is 2.54. The lowest BCUT2D eigenvalue weighted by atomic mass is 9.95. The average molecular weight is 177 g/mol. The first kappa shape index (κ1) is 8.57. The number of rotatable bonds is 0. The van der Waals surface area contributed by atoms with Crippen molar-refractivity contribution in [3.05, 3.63) is 29.3 Å². The Morgan fingerprint density at radius 2 is 2.23 bits per heavy atom. The van der Waals surface area contributed by atoms with Gasteiger partial charge in [-0.2, -0.15) is 0 Å². The van der Waals surface area contributed by atoms with Crippen LogP contribution in [0.1, 0.15) is 30.6 Å². The predicted octanol–water partition coefficient (Wildman–Crippen LogP) is 2.23. The maximum absolute atomic E-state index is 9.82. The third kappa shape index (κ3) is 1.54. The van der Waals surface area contributed by atoms with Gasteiger partial charge in [0.05, 0.1) is 6.10 Å². The van der Waals surface area contributed by atoms with Crippen LogP contribution >= 0.6 is 0 Å². The molecule has 1 heterocycles. The molecule has 0 fully saturated rings. The fourth-order valence-electron chi connectivity index (χ4n) is 1.88. The number of benzene rings is 1. The smallest absolute Gasteiger partial charge is 0.0829 e. The van der Waals surface area contributed by atoms with Gasteiger partial charge in [0.1, 0.15) is 0 Å². The molecule has 0 aliphatic carbocycles. The Kier molecular flexibility index (Phi) is 2.00. The lowest BCUT2D eigenvalue weighted by Crippen LogP contribution is -2.25. The Labute approximate surface area is 78.6 Å². The van der Waals surface area contributed by atoms with Crippen molar-refractivity contribution in [1.29, 1.82) is 0 Å². The molecule has 1 aliphatic rings. The monoisotopic (exact) mass is 177 g/mol. The molecule has 13 heavy (non-hydrogen) atoms. The standard InChI is InChI=1S/C11H15NO/c1-7-3-4-10-9(5-7)11(13)6-8(2)12-10/h3-5,8,11-13H,6H2,1-2H3/t8-,11+/m0/s1. The lowest BCUT2D eigenvalue weighted by molar-refractivity contribution is 0.158. The minimum absolute atomic E-state index is 0.300. The van der Waals surface area contributed by atoms with Crippen LogP contribution in [0, 0.1) is 6.92 Å². The first-order valence-electron chi connectivity index (χ1n) is 4.72. The molecule has 0 radical (unpaired) electrons. The second-order valence-corrected chi connectivity index (χ2v) is 3.89. The van der Waals surface area contributed by atoms with Crippen molar-refractivity contribution in [3.63, 3.8) is 0 Å². The van der Waals surface area contributed by atoms with Gasteiger partial charge in [-0.05, 0) is 26.3 Å². The molecule has 1 aliphatic heterocycles. The van der Waals surface area contributed by atoms with E-state index in [2.05, 4.69) is 24.4 Å². The largest absolute Gasteiger partial charge is 0.388 e. The highest BCUT2D eigenvalue weighted by Gasteiger charge is 2.21. The summed E-state index contributed by atoms with van der Waals surface area (Å²) in [6.07, 6.45) is 0.502. The van der Waals surface area contributed by atoms with Gasteiger partial charge in [-0.1, -0.05) is 17.7 Å². The van der Waals surface area contributed by atoms with Crippen LogP contribution in [0.25, 0.3) is 0 Å². The molecule has 1 aromatic carbocycles. The molecule has 70 valence electrons. The zero-order chi connectivity index (χ0) is 9.42. The fraction of sp³-hybridized carbons (Fsp3) is 0.455.